The van der Waals surface area contributed by atoms with Crippen molar-refractivity contribution in [1.29, 1.82) is 0 Å². The van der Waals surface area contributed by atoms with E-state index in [2.05, 4.69) is 16.0 Å². The number of alkyl carbamates (subject to hydrolysis) is 1. The maximum absolute atomic E-state index is 12.2. The molecule has 1 aromatic carbocycles. The molecule has 0 radical (unpaired) electrons. The molecular weight excluding hydrogens is 366 g/mol. The normalized spacial score (nSPS) is 12.5. The van der Waals surface area contributed by atoms with Crippen molar-refractivity contribution < 1.29 is 29.0 Å². The molecule has 152 valence electrons. The summed E-state index contributed by atoms with van der Waals surface area (Å²) < 4.78 is 5.14. The first-order valence-corrected chi connectivity index (χ1v) is 8.53. The second-order valence-corrected chi connectivity index (χ2v) is 6.90. The number of carbonyl (C=O) groups is 4. The Balaban J connectivity index is 3.00. The molecular formula is C19H25N3O6. The van der Waals surface area contributed by atoms with Crippen molar-refractivity contribution in [2.45, 2.75) is 39.3 Å². The highest BCUT2D eigenvalue weighted by Crippen LogP contribution is 2.07. The van der Waals surface area contributed by atoms with Gasteiger partial charge in [-0.2, -0.15) is 0 Å². The van der Waals surface area contributed by atoms with Crippen LogP contribution in [0, 0.1) is 0 Å². The Morgan fingerprint density at radius 1 is 1.14 bits per heavy atom. The summed E-state index contributed by atoms with van der Waals surface area (Å²) >= 11 is 0. The Morgan fingerprint density at radius 2 is 1.75 bits per heavy atom. The Kier molecular flexibility index (Phi) is 8.18. The standard InChI is InChI=1S/C19H25N3O6/c1-12(23)20-11-14(21-18(27)28-19(2,3)4)10-15(17(25)26)22-16(24)13-8-6-5-7-9-13/h5-10,14H,11H2,1-4H3,(H,20,23)(H,21,27)(H,22,24)(H,25,26)/b15-10-. The van der Waals surface area contributed by atoms with Crippen molar-refractivity contribution >= 4 is 23.9 Å². The minimum absolute atomic E-state index is 0.0907. The van der Waals surface area contributed by atoms with E-state index in [4.69, 9.17) is 4.74 Å². The molecule has 4 N–H and O–H groups in total. The van der Waals surface area contributed by atoms with E-state index in [1.54, 1.807) is 39.0 Å². The van der Waals surface area contributed by atoms with Crippen molar-refractivity contribution in [1.82, 2.24) is 16.0 Å². The monoisotopic (exact) mass is 391 g/mol. The number of carboxylic acid groups (broad SMARTS) is 1. The molecule has 0 heterocycles. The van der Waals surface area contributed by atoms with Crippen LogP contribution in [0.25, 0.3) is 0 Å². The van der Waals surface area contributed by atoms with Crippen LogP contribution >= 0.6 is 0 Å². The van der Waals surface area contributed by atoms with Crippen LogP contribution in [0.4, 0.5) is 4.79 Å². The number of nitrogens with one attached hydrogen (secondary N) is 3. The van der Waals surface area contributed by atoms with Gasteiger partial charge in [0, 0.05) is 19.0 Å². The molecule has 0 spiro atoms. The van der Waals surface area contributed by atoms with Gasteiger partial charge in [-0.05, 0) is 39.0 Å². The predicted molar refractivity (Wildman–Crippen MR) is 101 cm³/mol. The second kappa shape index (κ2) is 10.1. The topological polar surface area (TPSA) is 134 Å². The van der Waals surface area contributed by atoms with Crippen LogP contribution in [0.2, 0.25) is 0 Å². The molecule has 0 saturated carbocycles. The number of amides is 3. The maximum atomic E-state index is 12.2. The summed E-state index contributed by atoms with van der Waals surface area (Å²) in [6.07, 6.45) is 0.335. The first-order valence-electron chi connectivity index (χ1n) is 8.53. The van der Waals surface area contributed by atoms with E-state index in [9.17, 15) is 24.3 Å². The number of carboxylic acids is 1. The third-order valence-corrected chi connectivity index (χ3v) is 3.16. The van der Waals surface area contributed by atoms with Gasteiger partial charge in [0.25, 0.3) is 5.91 Å². The van der Waals surface area contributed by atoms with Crippen molar-refractivity contribution in [3.63, 3.8) is 0 Å². The van der Waals surface area contributed by atoms with Crippen LogP contribution in [-0.4, -0.2) is 47.2 Å². The van der Waals surface area contributed by atoms with Gasteiger partial charge in [0.15, 0.2) is 0 Å². The fraction of sp³-hybridized carbons (Fsp3) is 0.368. The number of carbonyl (C=O) groups excluding carboxylic acids is 3. The first-order chi connectivity index (χ1) is 13.0. The molecule has 0 fully saturated rings. The summed E-state index contributed by atoms with van der Waals surface area (Å²) in [5.41, 5.74) is -0.933. The van der Waals surface area contributed by atoms with E-state index < -0.39 is 35.3 Å². The molecule has 0 bridgehead atoms. The van der Waals surface area contributed by atoms with Crippen LogP contribution in [0.1, 0.15) is 38.1 Å². The third kappa shape index (κ3) is 8.84. The van der Waals surface area contributed by atoms with Crippen LogP contribution in [-0.2, 0) is 14.3 Å². The van der Waals surface area contributed by atoms with Gasteiger partial charge in [0.1, 0.15) is 11.3 Å². The molecule has 1 atom stereocenters. The van der Waals surface area contributed by atoms with Crippen molar-refractivity contribution in [3.05, 3.63) is 47.7 Å². The zero-order valence-corrected chi connectivity index (χ0v) is 16.2. The average molecular weight is 391 g/mol. The molecule has 9 nitrogen and oxygen atoms in total. The van der Waals surface area contributed by atoms with Crippen molar-refractivity contribution in [2.24, 2.45) is 0 Å². The molecule has 0 aromatic heterocycles. The van der Waals surface area contributed by atoms with E-state index in [1.807, 2.05) is 0 Å². The number of rotatable bonds is 7. The molecule has 1 rings (SSSR count). The highest BCUT2D eigenvalue weighted by atomic mass is 16.6. The van der Waals surface area contributed by atoms with Gasteiger partial charge >= 0.3 is 12.1 Å². The van der Waals surface area contributed by atoms with Gasteiger partial charge in [0.2, 0.25) is 5.91 Å². The highest BCUT2D eigenvalue weighted by molar-refractivity contribution is 6.00. The van der Waals surface area contributed by atoms with E-state index in [0.29, 0.717) is 0 Å². The zero-order valence-electron chi connectivity index (χ0n) is 16.2. The van der Waals surface area contributed by atoms with Gasteiger partial charge in [-0.15, -0.1) is 0 Å². The van der Waals surface area contributed by atoms with Gasteiger partial charge in [0.05, 0.1) is 6.04 Å². The number of benzene rings is 1. The Hall–Kier alpha value is -3.36. The van der Waals surface area contributed by atoms with Crippen LogP contribution in [0.15, 0.2) is 42.1 Å². The van der Waals surface area contributed by atoms with Crippen LogP contribution < -0.4 is 16.0 Å². The van der Waals surface area contributed by atoms with E-state index in [1.165, 1.54) is 19.1 Å². The summed E-state index contributed by atoms with van der Waals surface area (Å²) in [7, 11) is 0. The van der Waals surface area contributed by atoms with Gasteiger partial charge in [-0.25, -0.2) is 9.59 Å². The molecule has 1 aromatic rings. The third-order valence-electron chi connectivity index (χ3n) is 3.16. The van der Waals surface area contributed by atoms with Gasteiger partial charge in [-0.3, -0.25) is 9.59 Å². The molecule has 9 heteroatoms. The lowest BCUT2D eigenvalue weighted by atomic mass is 10.2. The Bertz CT molecular complexity index is 753. The summed E-state index contributed by atoms with van der Waals surface area (Å²) in [5.74, 6) is -2.39. The second-order valence-electron chi connectivity index (χ2n) is 6.90. The minimum atomic E-state index is -1.40. The van der Waals surface area contributed by atoms with Crippen LogP contribution in [0.3, 0.4) is 0 Å². The Morgan fingerprint density at radius 3 is 2.25 bits per heavy atom. The minimum Gasteiger partial charge on any atom is -0.477 e. The molecule has 3 amide bonds. The van der Waals surface area contributed by atoms with Gasteiger partial charge in [-0.1, -0.05) is 18.2 Å². The lowest BCUT2D eigenvalue weighted by molar-refractivity contribution is -0.133. The van der Waals surface area contributed by atoms with Crippen LogP contribution in [0.5, 0.6) is 0 Å². The van der Waals surface area contributed by atoms with E-state index >= 15 is 0 Å². The molecule has 0 aliphatic carbocycles. The van der Waals surface area contributed by atoms with E-state index in [-0.39, 0.29) is 18.0 Å². The molecule has 0 aliphatic heterocycles. The lowest BCUT2D eigenvalue weighted by Gasteiger charge is -2.22. The largest absolute Gasteiger partial charge is 0.477 e. The molecule has 28 heavy (non-hydrogen) atoms. The van der Waals surface area contributed by atoms with Gasteiger partial charge < -0.3 is 25.8 Å². The SMILES string of the molecule is CC(=O)NCC(/C=C(\NC(=O)c1ccccc1)C(=O)O)NC(=O)OC(C)(C)C. The fourth-order valence-electron chi connectivity index (χ4n) is 2.02. The molecule has 0 saturated heterocycles. The number of ether oxygens (including phenoxy) is 1. The maximum Gasteiger partial charge on any atom is 0.408 e. The first kappa shape index (κ1) is 22.7. The highest BCUT2D eigenvalue weighted by Gasteiger charge is 2.21. The van der Waals surface area contributed by atoms with Crippen molar-refractivity contribution in [2.75, 3.05) is 6.54 Å². The van der Waals surface area contributed by atoms with E-state index in [0.717, 1.165) is 6.08 Å². The molecule has 1 unspecified atom stereocenters. The smallest absolute Gasteiger partial charge is 0.408 e. The predicted octanol–water partition coefficient (Wildman–Crippen LogP) is 1.41. The number of aliphatic carboxylic acids is 1. The quantitative estimate of drug-likeness (QED) is 0.519. The zero-order chi connectivity index (χ0) is 21.3. The lowest BCUT2D eigenvalue weighted by Crippen LogP contribution is -2.45. The average Bonchev–Trinajstić information content (AvgIpc) is 2.57. The summed E-state index contributed by atoms with van der Waals surface area (Å²) in [6.45, 7) is 6.21. The Labute approximate surface area is 163 Å². The summed E-state index contributed by atoms with van der Waals surface area (Å²) in [5, 5.41) is 16.6. The number of hydrogen-bond donors (Lipinski definition) is 4. The summed E-state index contributed by atoms with van der Waals surface area (Å²) in [4.78, 5) is 46.9. The summed E-state index contributed by atoms with van der Waals surface area (Å²) in [6, 6.07) is 7.14. The molecule has 0 aliphatic rings. The van der Waals surface area contributed by atoms with Crippen molar-refractivity contribution in [3.8, 4) is 0 Å². The number of hydrogen-bond acceptors (Lipinski definition) is 5. The fourth-order valence-corrected chi connectivity index (χ4v) is 2.02.